The highest BCUT2D eigenvalue weighted by Crippen LogP contribution is 2.38. The van der Waals surface area contributed by atoms with Gasteiger partial charge in [-0.05, 0) is 35.9 Å². The third kappa shape index (κ3) is 4.36. The number of aromatic nitrogens is 2. The highest BCUT2D eigenvalue weighted by atomic mass is 35.5. The average molecular weight is 435 g/mol. The highest BCUT2D eigenvalue weighted by Gasteiger charge is 2.16. The minimum atomic E-state index is -0.254. The smallest absolute Gasteiger partial charge is 0.255 e. The lowest BCUT2D eigenvalue weighted by Gasteiger charge is -2.17. The summed E-state index contributed by atoms with van der Waals surface area (Å²) >= 11 is 6.10. The molecule has 0 aliphatic carbocycles. The monoisotopic (exact) mass is 434 g/mol. The van der Waals surface area contributed by atoms with E-state index < -0.39 is 0 Å². The zero-order valence-corrected chi connectivity index (χ0v) is 17.6. The van der Waals surface area contributed by atoms with Gasteiger partial charge in [-0.2, -0.15) is 4.98 Å². The Morgan fingerprint density at radius 1 is 0.871 bits per heavy atom. The summed E-state index contributed by atoms with van der Waals surface area (Å²) in [5.41, 5.74) is 2.32. The molecule has 0 saturated heterocycles. The van der Waals surface area contributed by atoms with Gasteiger partial charge >= 0.3 is 0 Å². The number of benzene rings is 3. The molecule has 1 aromatic heterocycles. The Bertz CT molecular complexity index is 1250. The summed E-state index contributed by atoms with van der Waals surface area (Å²) in [6.07, 6.45) is 0. The summed E-state index contributed by atoms with van der Waals surface area (Å²) in [6, 6.07) is 19.9. The van der Waals surface area contributed by atoms with E-state index in [1.807, 2.05) is 30.3 Å². The van der Waals surface area contributed by atoms with Crippen LogP contribution in [-0.2, 0) is 0 Å². The van der Waals surface area contributed by atoms with Crippen LogP contribution in [0.5, 0.6) is 11.5 Å². The second-order valence-corrected chi connectivity index (χ2v) is 6.89. The molecule has 3 aromatic carbocycles. The van der Waals surface area contributed by atoms with Gasteiger partial charge in [0, 0.05) is 23.1 Å². The van der Waals surface area contributed by atoms with Gasteiger partial charge in [0.1, 0.15) is 17.3 Å². The maximum absolute atomic E-state index is 12.6. The van der Waals surface area contributed by atoms with Gasteiger partial charge in [-0.3, -0.25) is 4.79 Å². The van der Waals surface area contributed by atoms with E-state index in [1.54, 1.807) is 43.5 Å². The molecule has 0 bridgehead atoms. The Labute approximate surface area is 184 Å². The largest absolute Gasteiger partial charge is 0.494 e. The predicted molar refractivity (Wildman–Crippen MR) is 122 cm³/mol. The Morgan fingerprint density at radius 2 is 1.52 bits per heavy atom. The van der Waals surface area contributed by atoms with Crippen molar-refractivity contribution in [2.24, 2.45) is 0 Å². The van der Waals surface area contributed by atoms with Crippen molar-refractivity contribution in [2.75, 3.05) is 24.9 Å². The fourth-order valence-corrected chi connectivity index (χ4v) is 3.32. The van der Waals surface area contributed by atoms with Crippen molar-refractivity contribution in [2.45, 2.75) is 0 Å². The lowest BCUT2D eigenvalue weighted by Crippen LogP contribution is -2.13. The van der Waals surface area contributed by atoms with Crippen LogP contribution >= 0.6 is 11.6 Å². The molecule has 0 aliphatic rings. The number of nitrogens with zero attached hydrogens (tertiary/aromatic N) is 2. The molecule has 0 saturated carbocycles. The van der Waals surface area contributed by atoms with Crippen molar-refractivity contribution < 1.29 is 14.3 Å². The molecule has 0 aliphatic heterocycles. The van der Waals surface area contributed by atoms with Crippen LogP contribution in [0.4, 0.5) is 17.2 Å². The van der Waals surface area contributed by atoms with Gasteiger partial charge in [0.2, 0.25) is 5.28 Å². The van der Waals surface area contributed by atoms with E-state index in [9.17, 15) is 4.79 Å². The molecule has 0 atom stereocenters. The summed E-state index contributed by atoms with van der Waals surface area (Å²) in [5.74, 6) is 1.22. The van der Waals surface area contributed by atoms with Crippen LogP contribution in [-0.4, -0.2) is 30.1 Å². The molecule has 0 unspecified atom stereocenters. The molecule has 1 heterocycles. The number of anilines is 3. The molecule has 7 nitrogen and oxygen atoms in total. The Hall–Kier alpha value is -3.84. The molecule has 2 N–H and O–H groups in total. The first-order valence-corrected chi connectivity index (χ1v) is 9.78. The van der Waals surface area contributed by atoms with Gasteiger partial charge < -0.3 is 20.1 Å². The maximum atomic E-state index is 12.6. The zero-order chi connectivity index (χ0) is 21.8. The van der Waals surface area contributed by atoms with E-state index in [0.717, 1.165) is 5.39 Å². The molecular formula is C23H19ClN4O3. The fraction of sp³-hybridized carbons (Fsp3) is 0.0870. The first kappa shape index (κ1) is 20.4. The molecule has 0 fully saturated rings. The number of carbonyl (C=O) groups is 1. The number of amides is 1. The van der Waals surface area contributed by atoms with Crippen molar-refractivity contribution in [1.82, 2.24) is 9.97 Å². The summed E-state index contributed by atoms with van der Waals surface area (Å²) in [5, 5.41) is 7.03. The van der Waals surface area contributed by atoms with Crippen molar-refractivity contribution in [1.29, 1.82) is 0 Å². The van der Waals surface area contributed by atoms with E-state index >= 15 is 0 Å². The second kappa shape index (κ2) is 8.89. The number of para-hydroxylation sites is 1. The number of halogens is 1. The minimum Gasteiger partial charge on any atom is -0.494 e. The van der Waals surface area contributed by atoms with Gasteiger partial charge in [-0.25, -0.2) is 4.98 Å². The number of nitrogens with one attached hydrogen (secondary N) is 2. The molecule has 0 radical (unpaired) electrons. The average Bonchev–Trinajstić information content (AvgIpc) is 2.80. The van der Waals surface area contributed by atoms with Crippen molar-refractivity contribution >= 4 is 45.6 Å². The molecule has 8 heteroatoms. The summed E-state index contributed by atoms with van der Waals surface area (Å²) in [7, 11) is 3.07. The van der Waals surface area contributed by atoms with E-state index in [-0.39, 0.29) is 11.2 Å². The topological polar surface area (TPSA) is 85.4 Å². The maximum Gasteiger partial charge on any atom is 0.255 e. The van der Waals surface area contributed by atoms with Crippen LogP contribution in [0.3, 0.4) is 0 Å². The normalized spacial score (nSPS) is 10.5. The standard InChI is InChI=1S/C23H19ClN4O3/c1-30-19-13-18(26-22(29)14-8-4-3-5-9-14)20(31-2)12-17(19)25-21-15-10-6-7-11-16(15)27-23(24)28-21/h3-13H,1-2H3,(H,26,29)(H,25,27,28). The lowest BCUT2D eigenvalue weighted by molar-refractivity contribution is 0.102. The van der Waals surface area contributed by atoms with Crippen molar-refractivity contribution in [3.05, 3.63) is 77.6 Å². The van der Waals surface area contributed by atoms with E-state index in [0.29, 0.717) is 39.8 Å². The highest BCUT2D eigenvalue weighted by molar-refractivity contribution is 6.28. The molecule has 156 valence electrons. The first-order chi connectivity index (χ1) is 15.1. The molecular weight excluding hydrogens is 416 g/mol. The second-order valence-electron chi connectivity index (χ2n) is 6.56. The molecule has 31 heavy (non-hydrogen) atoms. The number of ether oxygens (including phenoxy) is 2. The fourth-order valence-electron chi connectivity index (χ4n) is 3.15. The summed E-state index contributed by atoms with van der Waals surface area (Å²) in [4.78, 5) is 21.1. The molecule has 4 rings (SSSR count). The van der Waals surface area contributed by atoms with Gasteiger partial charge in [0.15, 0.2) is 0 Å². The van der Waals surface area contributed by atoms with Gasteiger partial charge in [-0.1, -0.05) is 30.3 Å². The Kier molecular flexibility index (Phi) is 5.86. The third-order valence-electron chi connectivity index (χ3n) is 4.63. The van der Waals surface area contributed by atoms with Crippen molar-refractivity contribution in [3.63, 3.8) is 0 Å². The number of hydrogen-bond acceptors (Lipinski definition) is 6. The quantitative estimate of drug-likeness (QED) is 0.401. The van der Waals surface area contributed by atoms with E-state index in [4.69, 9.17) is 21.1 Å². The number of carbonyl (C=O) groups excluding carboxylic acids is 1. The first-order valence-electron chi connectivity index (χ1n) is 9.41. The van der Waals surface area contributed by atoms with Crippen molar-refractivity contribution in [3.8, 4) is 11.5 Å². The Morgan fingerprint density at radius 3 is 2.26 bits per heavy atom. The van der Waals surface area contributed by atoms with Crippen LogP contribution < -0.4 is 20.1 Å². The molecule has 1 amide bonds. The number of rotatable bonds is 6. The van der Waals surface area contributed by atoms with Crippen LogP contribution in [0.1, 0.15) is 10.4 Å². The predicted octanol–water partition coefficient (Wildman–Crippen LogP) is 5.30. The Balaban J connectivity index is 1.71. The number of hydrogen-bond donors (Lipinski definition) is 2. The summed E-state index contributed by atoms with van der Waals surface area (Å²) in [6.45, 7) is 0. The molecule has 4 aromatic rings. The van der Waals surface area contributed by atoms with E-state index in [1.165, 1.54) is 7.11 Å². The van der Waals surface area contributed by atoms with Crippen LogP contribution in [0, 0.1) is 0 Å². The van der Waals surface area contributed by atoms with Gasteiger partial charge in [0.25, 0.3) is 5.91 Å². The van der Waals surface area contributed by atoms with Gasteiger partial charge in [-0.15, -0.1) is 0 Å². The summed E-state index contributed by atoms with van der Waals surface area (Å²) < 4.78 is 11.0. The van der Waals surface area contributed by atoms with Crippen LogP contribution in [0.2, 0.25) is 5.28 Å². The van der Waals surface area contributed by atoms with Crippen LogP contribution in [0.25, 0.3) is 10.9 Å². The number of methoxy groups -OCH3 is 2. The lowest BCUT2D eigenvalue weighted by atomic mass is 10.2. The molecule has 0 spiro atoms. The SMILES string of the molecule is COc1cc(Nc2nc(Cl)nc3ccccc23)c(OC)cc1NC(=O)c1ccccc1. The number of fused-ring (bicyclic) bond motifs is 1. The zero-order valence-electron chi connectivity index (χ0n) is 16.8. The van der Waals surface area contributed by atoms with E-state index in [2.05, 4.69) is 20.6 Å². The minimum absolute atomic E-state index is 0.124. The van der Waals surface area contributed by atoms with Gasteiger partial charge in [0.05, 0.1) is 31.1 Å². The third-order valence-corrected chi connectivity index (χ3v) is 4.80. The van der Waals surface area contributed by atoms with Crippen LogP contribution in [0.15, 0.2) is 66.7 Å².